The van der Waals surface area contributed by atoms with Crippen LogP contribution in [0.5, 0.6) is 5.75 Å². The average Bonchev–Trinajstić information content (AvgIpc) is 3.03. The zero-order valence-corrected chi connectivity index (χ0v) is 15.0. The second kappa shape index (κ2) is 6.57. The van der Waals surface area contributed by atoms with Gasteiger partial charge in [0.1, 0.15) is 17.4 Å². The van der Waals surface area contributed by atoms with Gasteiger partial charge in [-0.05, 0) is 37.7 Å². The first-order valence-electron chi connectivity index (χ1n) is 8.34. The van der Waals surface area contributed by atoms with E-state index < -0.39 is 5.82 Å². The summed E-state index contributed by atoms with van der Waals surface area (Å²) in [5.41, 5.74) is 1.18. The Balaban J connectivity index is 2.02. The molecule has 0 radical (unpaired) electrons. The van der Waals surface area contributed by atoms with Crippen molar-refractivity contribution < 1.29 is 9.50 Å². The summed E-state index contributed by atoms with van der Waals surface area (Å²) in [7, 11) is 0.885. The lowest BCUT2D eigenvalue weighted by molar-refractivity contribution is 0.471. The summed E-state index contributed by atoms with van der Waals surface area (Å²) in [5, 5.41) is 11.9. The Morgan fingerprint density at radius 3 is 2.88 bits per heavy atom. The zero-order chi connectivity index (χ0) is 17.4. The number of anilines is 1. The van der Waals surface area contributed by atoms with Crippen molar-refractivity contribution >= 4 is 26.6 Å². The number of phenolic OH excluding ortho intramolecular Hbond substituents is 1. The Hall–Kier alpha value is -2.26. The van der Waals surface area contributed by atoms with Crippen LogP contribution >= 0.6 is 8.58 Å². The van der Waals surface area contributed by atoms with Crippen LogP contribution in [0.4, 0.5) is 10.2 Å². The maximum atomic E-state index is 14.4. The molecule has 1 saturated heterocycles. The summed E-state index contributed by atoms with van der Waals surface area (Å²) >= 11 is 0. The molecular weight excluding hydrogens is 336 g/mol. The van der Waals surface area contributed by atoms with Gasteiger partial charge >= 0.3 is 0 Å². The van der Waals surface area contributed by atoms with E-state index in [-0.39, 0.29) is 17.1 Å². The van der Waals surface area contributed by atoms with Gasteiger partial charge in [-0.2, -0.15) is 0 Å². The Morgan fingerprint density at radius 2 is 2.12 bits per heavy atom. The standard InChI is InChI=1S/C19H19FN3OP/c1-12-4-2-5-13-15(10-12)21-18(17-14(20)6-3-7-16(17)24)22-19(13)23-8-9-25-11-23/h3-7,10,24-25H,2,8-9,11H2,1H3. The monoisotopic (exact) mass is 355 g/mol. The topological polar surface area (TPSA) is 49.2 Å². The lowest BCUT2D eigenvalue weighted by Crippen LogP contribution is -2.37. The molecule has 25 heavy (non-hydrogen) atoms. The van der Waals surface area contributed by atoms with Gasteiger partial charge in [0.2, 0.25) is 0 Å². The SMILES string of the molecule is CC1=CCC=c2c(N3CCPC3)nc(-c3c(O)cccc3F)nc2=C1. The van der Waals surface area contributed by atoms with E-state index >= 15 is 0 Å². The van der Waals surface area contributed by atoms with Gasteiger partial charge in [-0.1, -0.05) is 32.4 Å². The fourth-order valence-corrected chi connectivity index (χ4v) is 4.36. The third kappa shape index (κ3) is 3.05. The van der Waals surface area contributed by atoms with Crippen molar-refractivity contribution in [1.29, 1.82) is 0 Å². The van der Waals surface area contributed by atoms with Gasteiger partial charge in [-0.25, -0.2) is 14.4 Å². The highest BCUT2D eigenvalue weighted by Crippen LogP contribution is 2.30. The average molecular weight is 355 g/mol. The maximum Gasteiger partial charge on any atom is 0.168 e. The first-order chi connectivity index (χ1) is 12.1. The summed E-state index contributed by atoms with van der Waals surface area (Å²) in [4.78, 5) is 11.5. The minimum atomic E-state index is -0.515. The van der Waals surface area contributed by atoms with Gasteiger partial charge in [-0.15, -0.1) is 0 Å². The van der Waals surface area contributed by atoms with E-state index in [0.717, 1.165) is 56.0 Å². The van der Waals surface area contributed by atoms with Gasteiger partial charge in [0.15, 0.2) is 5.82 Å². The molecule has 2 aliphatic rings. The molecule has 1 aromatic heterocycles. The smallest absolute Gasteiger partial charge is 0.168 e. The molecule has 0 bridgehead atoms. The van der Waals surface area contributed by atoms with Crippen LogP contribution in [0.1, 0.15) is 13.3 Å². The minimum absolute atomic E-state index is 0.0625. The van der Waals surface area contributed by atoms with Crippen LogP contribution in [0.3, 0.4) is 0 Å². The van der Waals surface area contributed by atoms with E-state index in [1.165, 1.54) is 18.2 Å². The predicted octanol–water partition coefficient (Wildman–Crippen LogP) is 2.36. The van der Waals surface area contributed by atoms with Crippen molar-refractivity contribution in [2.75, 3.05) is 23.9 Å². The number of halogens is 1. The van der Waals surface area contributed by atoms with Crippen LogP contribution in [0.2, 0.25) is 0 Å². The minimum Gasteiger partial charge on any atom is -0.507 e. The van der Waals surface area contributed by atoms with E-state index in [9.17, 15) is 9.50 Å². The molecule has 0 amide bonds. The summed E-state index contributed by atoms with van der Waals surface area (Å²) in [5.74, 6) is 0.420. The molecular formula is C19H19FN3OP. The van der Waals surface area contributed by atoms with Crippen molar-refractivity contribution in [2.24, 2.45) is 0 Å². The zero-order valence-electron chi connectivity index (χ0n) is 14.0. The Kier molecular flexibility index (Phi) is 4.26. The van der Waals surface area contributed by atoms with Crippen molar-refractivity contribution in [2.45, 2.75) is 13.3 Å². The molecule has 1 atom stereocenters. The van der Waals surface area contributed by atoms with E-state index in [0.29, 0.717) is 0 Å². The largest absolute Gasteiger partial charge is 0.507 e. The number of allylic oxidation sites excluding steroid dienone is 2. The number of nitrogens with zero attached hydrogens (tertiary/aromatic N) is 3. The highest BCUT2D eigenvalue weighted by atomic mass is 31.1. The van der Waals surface area contributed by atoms with E-state index in [4.69, 9.17) is 0 Å². The van der Waals surface area contributed by atoms with Crippen LogP contribution in [-0.4, -0.2) is 34.1 Å². The summed E-state index contributed by atoms with van der Waals surface area (Å²) in [6.45, 7) is 2.98. The predicted molar refractivity (Wildman–Crippen MR) is 101 cm³/mol. The molecule has 1 aliphatic carbocycles. The first kappa shape index (κ1) is 16.2. The highest BCUT2D eigenvalue weighted by molar-refractivity contribution is 7.38. The highest BCUT2D eigenvalue weighted by Gasteiger charge is 2.20. The maximum absolute atomic E-state index is 14.4. The molecule has 2 heterocycles. The molecule has 128 valence electrons. The fraction of sp³-hybridized carbons (Fsp3) is 0.263. The van der Waals surface area contributed by atoms with Crippen molar-refractivity contribution in [3.05, 3.63) is 46.2 Å². The molecule has 4 rings (SSSR count). The lowest BCUT2D eigenvalue weighted by Gasteiger charge is -2.18. The van der Waals surface area contributed by atoms with Crippen LogP contribution in [-0.2, 0) is 0 Å². The molecule has 2 aromatic rings. The van der Waals surface area contributed by atoms with Gasteiger partial charge in [0.25, 0.3) is 0 Å². The number of hydrogen-bond acceptors (Lipinski definition) is 4. The molecule has 6 heteroatoms. The Bertz CT molecular complexity index is 961. The van der Waals surface area contributed by atoms with Gasteiger partial charge in [-0.3, -0.25) is 0 Å². The molecule has 1 fully saturated rings. The second-order valence-electron chi connectivity index (χ2n) is 6.26. The molecule has 0 spiro atoms. The summed E-state index contributed by atoms with van der Waals surface area (Å²) < 4.78 is 14.4. The first-order valence-corrected chi connectivity index (χ1v) is 9.75. The number of aromatic hydroxyl groups is 1. The quantitative estimate of drug-likeness (QED) is 0.841. The molecule has 1 N–H and O–H groups in total. The molecule has 1 unspecified atom stereocenters. The van der Waals surface area contributed by atoms with Crippen LogP contribution in [0.25, 0.3) is 23.5 Å². The lowest BCUT2D eigenvalue weighted by atomic mass is 10.1. The van der Waals surface area contributed by atoms with Crippen molar-refractivity contribution in [3.8, 4) is 17.1 Å². The number of phenols is 1. The van der Waals surface area contributed by atoms with E-state index in [1.54, 1.807) is 0 Å². The number of rotatable bonds is 2. The van der Waals surface area contributed by atoms with Crippen LogP contribution in [0, 0.1) is 5.82 Å². The second-order valence-corrected chi connectivity index (χ2v) is 7.57. The van der Waals surface area contributed by atoms with E-state index in [2.05, 4.69) is 27.0 Å². The normalized spacial score (nSPS) is 17.5. The van der Waals surface area contributed by atoms with E-state index in [1.807, 2.05) is 13.0 Å². The number of aromatic nitrogens is 2. The third-order valence-corrected chi connectivity index (χ3v) is 5.64. The Morgan fingerprint density at radius 1 is 1.24 bits per heavy atom. The molecule has 4 nitrogen and oxygen atoms in total. The van der Waals surface area contributed by atoms with Crippen LogP contribution in [0.15, 0.2) is 29.8 Å². The van der Waals surface area contributed by atoms with Gasteiger partial charge in [0, 0.05) is 18.0 Å². The molecule has 1 aliphatic heterocycles. The number of fused-ring (bicyclic) bond motifs is 1. The summed E-state index contributed by atoms with van der Waals surface area (Å²) in [6.07, 6.45) is 9.21. The van der Waals surface area contributed by atoms with Gasteiger partial charge < -0.3 is 10.0 Å². The van der Waals surface area contributed by atoms with Crippen molar-refractivity contribution in [1.82, 2.24) is 9.97 Å². The van der Waals surface area contributed by atoms with Gasteiger partial charge in [0.05, 0.1) is 10.9 Å². The fourth-order valence-electron chi connectivity index (χ4n) is 3.19. The van der Waals surface area contributed by atoms with Crippen molar-refractivity contribution in [3.63, 3.8) is 0 Å². The number of hydrogen-bond donors (Lipinski definition) is 1. The summed E-state index contributed by atoms with van der Waals surface area (Å²) in [6, 6.07) is 4.26. The third-order valence-electron chi connectivity index (χ3n) is 4.46. The Labute approximate surface area is 147 Å². The number of benzene rings is 1. The molecule has 1 aromatic carbocycles. The van der Waals surface area contributed by atoms with Crippen LogP contribution < -0.4 is 15.5 Å². The molecule has 0 saturated carbocycles.